The van der Waals surface area contributed by atoms with E-state index >= 15 is 0 Å². The quantitative estimate of drug-likeness (QED) is 0.598. The maximum Gasteiger partial charge on any atom is 0.255 e. The van der Waals surface area contributed by atoms with Crippen LogP contribution in [0.5, 0.6) is 0 Å². The number of amides is 1. The number of nitrogens with one attached hydrogen (secondary N) is 2. The number of fused-ring (bicyclic) bond motifs is 1. The standard InChI is InChI=1S/C21H22N2O4S/c1-15-13-17-5-3-4-6-19(17)20(14-15)23-21(24)16-7-9-18(10-8-16)28(25,26)22-11-12-27-2/h3-10,13-14,22H,11-12H2,1-2H3,(H,23,24). The van der Waals surface area contributed by atoms with Crippen molar-refractivity contribution in [2.45, 2.75) is 11.8 Å². The number of hydrogen-bond acceptors (Lipinski definition) is 4. The van der Waals surface area contributed by atoms with Crippen molar-refractivity contribution in [2.24, 2.45) is 0 Å². The lowest BCUT2D eigenvalue weighted by molar-refractivity contribution is 0.102. The van der Waals surface area contributed by atoms with E-state index in [2.05, 4.69) is 16.1 Å². The van der Waals surface area contributed by atoms with E-state index in [0.29, 0.717) is 5.56 Å². The highest BCUT2D eigenvalue weighted by atomic mass is 32.2. The second-order valence-electron chi connectivity index (χ2n) is 6.40. The van der Waals surface area contributed by atoms with Gasteiger partial charge in [0.2, 0.25) is 10.0 Å². The van der Waals surface area contributed by atoms with Gasteiger partial charge in [-0.2, -0.15) is 0 Å². The number of methoxy groups -OCH3 is 1. The lowest BCUT2D eigenvalue weighted by Gasteiger charge is -2.11. The largest absolute Gasteiger partial charge is 0.383 e. The first-order chi connectivity index (χ1) is 13.4. The van der Waals surface area contributed by atoms with Gasteiger partial charge in [0.25, 0.3) is 5.91 Å². The second kappa shape index (κ2) is 8.52. The molecule has 6 nitrogen and oxygen atoms in total. The van der Waals surface area contributed by atoms with Crippen molar-refractivity contribution in [1.29, 1.82) is 0 Å². The summed E-state index contributed by atoms with van der Waals surface area (Å²) in [4.78, 5) is 12.7. The van der Waals surface area contributed by atoms with Crippen LogP contribution in [0, 0.1) is 6.92 Å². The molecule has 0 aliphatic heterocycles. The van der Waals surface area contributed by atoms with Crippen LogP contribution in [0.4, 0.5) is 5.69 Å². The SMILES string of the molecule is COCCNS(=O)(=O)c1ccc(C(=O)Nc2cc(C)cc3ccccc23)cc1. The average Bonchev–Trinajstić information content (AvgIpc) is 2.68. The second-order valence-corrected chi connectivity index (χ2v) is 8.17. The summed E-state index contributed by atoms with van der Waals surface area (Å²) in [7, 11) is -2.13. The molecule has 3 aromatic carbocycles. The molecule has 3 aromatic rings. The number of hydrogen-bond donors (Lipinski definition) is 2. The topological polar surface area (TPSA) is 84.5 Å². The number of sulfonamides is 1. The van der Waals surface area contributed by atoms with Crippen LogP contribution in [0.15, 0.2) is 65.6 Å². The Morgan fingerprint density at radius 1 is 1.04 bits per heavy atom. The smallest absolute Gasteiger partial charge is 0.255 e. The highest BCUT2D eigenvalue weighted by Crippen LogP contribution is 2.26. The molecule has 0 bridgehead atoms. The Morgan fingerprint density at radius 3 is 2.46 bits per heavy atom. The Hall–Kier alpha value is -2.74. The maximum atomic E-state index is 12.6. The van der Waals surface area contributed by atoms with Gasteiger partial charge in [-0.25, -0.2) is 13.1 Å². The van der Waals surface area contributed by atoms with Crippen molar-refractivity contribution in [3.05, 3.63) is 71.8 Å². The van der Waals surface area contributed by atoms with Gasteiger partial charge in [-0.1, -0.05) is 30.3 Å². The van der Waals surface area contributed by atoms with Crippen molar-refractivity contribution >= 4 is 32.4 Å². The van der Waals surface area contributed by atoms with E-state index in [-0.39, 0.29) is 24.0 Å². The Morgan fingerprint density at radius 2 is 1.75 bits per heavy atom. The number of carbonyl (C=O) groups is 1. The lowest BCUT2D eigenvalue weighted by Crippen LogP contribution is -2.27. The number of ether oxygens (including phenoxy) is 1. The molecule has 0 spiro atoms. The summed E-state index contributed by atoms with van der Waals surface area (Å²) in [6, 6.07) is 17.6. The number of carbonyl (C=O) groups excluding carboxylic acids is 1. The van der Waals surface area contributed by atoms with Crippen molar-refractivity contribution < 1.29 is 17.9 Å². The molecule has 0 fully saturated rings. The minimum atomic E-state index is -3.63. The van der Waals surface area contributed by atoms with E-state index in [1.807, 2.05) is 37.3 Å². The predicted molar refractivity (Wildman–Crippen MR) is 110 cm³/mol. The molecule has 0 radical (unpaired) electrons. The third-order valence-corrected chi connectivity index (χ3v) is 5.76. The zero-order valence-corrected chi connectivity index (χ0v) is 16.5. The summed E-state index contributed by atoms with van der Waals surface area (Å²) < 4.78 is 31.7. The molecule has 3 rings (SSSR count). The molecule has 0 aromatic heterocycles. The fraction of sp³-hybridized carbons (Fsp3) is 0.190. The van der Waals surface area contributed by atoms with Crippen LogP contribution < -0.4 is 10.0 Å². The molecular formula is C21H22N2O4S. The zero-order valence-electron chi connectivity index (χ0n) is 15.7. The van der Waals surface area contributed by atoms with E-state index in [1.165, 1.54) is 31.4 Å². The van der Waals surface area contributed by atoms with E-state index in [4.69, 9.17) is 4.74 Å². The zero-order chi connectivity index (χ0) is 20.1. The molecule has 2 N–H and O–H groups in total. The first-order valence-corrected chi connectivity index (χ1v) is 10.3. The fourth-order valence-electron chi connectivity index (χ4n) is 2.91. The predicted octanol–water partition coefficient (Wildman–Crippen LogP) is 3.33. The van der Waals surface area contributed by atoms with Crippen molar-refractivity contribution in [2.75, 3.05) is 25.6 Å². The molecule has 146 valence electrons. The Kier molecular flexibility index (Phi) is 6.08. The molecule has 0 saturated carbocycles. The van der Waals surface area contributed by atoms with Crippen LogP contribution in [0.25, 0.3) is 10.8 Å². The Labute approximate surface area is 164 Å². The van der Waals surface area contributed by atoms with Gasteiger partial charge in [0.05, 0.1) is 11.5 Å². The van der Waals surface area contributed by atoms with Gasteiger partial charge in [0.1, 0.15) is 0 Å². The molecular weight excluding hydrogens is 376 g/mol. The fourth-order valence-corrected chi connectivity index (χ4v) is 3.92. The van der Waals surface area contributed by atoms with Crippen molar-refractivity contribution in [3.8, 4) is 0 Å². The highest BCUT2D eigenvalue weighted by Gasteiger charge is 2.15. The van der Waals surface area contributed by atoms with E-state index in [1.54, 1.807) is 0 Å². The third kappa shape index (κ3) is 4.56. The summed E-state index contributed by atoms with van der Waals surface area (Å²) in [6.45, 7) is 2.43. The summed E-state index contributed by atoms with van der Waals surface area (Å²) in [6.07, 6.45) is 0. The van der Waals surface area contributed by atoms with Crippen LogP contribution >= 0.6 is 0 Å². The van der Waals surface area contributed by atoms with Gasteiger partial charge in [0, 0.05) is 30.3 Å². The molecule has 0 aliphatic rings. The van der Waals surface area contributed by atoms with Crippen LogP contribution in [0.3, 0.4) is 0 Å². The number of benzene rings is 3. The normalized spacial score (nSPS) is 11.5. The third-order valence-electron chi connectivity index (χ3n) is 4.28. The first kappa shape index (κ1) is 20.0. The van der Waals surface area contributed by atoms with Crippen LogP contribution in [0.2, 0.25) is 0 Å². The summed E-state index contributed by atoms with van der Waals surface area (Å²) in [5, 5.41) is 4.91. The summed E-state index contributed by atoms with van der Waals surface area (Å²) >= 11 is 0. The van der Waals surface area contributed by atoms with Crippen LogP contribution in [0.1, 0.15) is 15.9 Å². The monoisotopic (exact) mass is 398 g/mol. The average molecular weight is 398 g/mol. The van der Waals surface area contributed by atoms with E-state index in [9.17, 15) is 13.2 Å². The lowest BCUT2D eigenvalue weighted by atomic mass is 10.1. The Balaban J connectivity index is 1.79. The number of aryl methyl sites for hydroxylation is 1. The molecule has 0 atom stereocenters. The minimum absolute atomic E-state index is 0.0983. The number of rotatable bonds is 7. The molecule has 1 amide bonds. The van der Waals surface area contributed by atoms with Gasteiger partial charge in [0.15, 0.2) is 0 Å². The van der Waals surface area contributed by atoms with Gasteiger partial charge in [-0.15, -0.1) is 0 Å². The first-order valence-electron chi connectivity index (χ1n) is 8.80. The van der Waals surface area contributed by atoms with E-state index < -0.39 is 10.0 Å². The highest BCUT2D eigenvalue weighted by molar-refractivity contribution is 7.89. The van der Waals surface area contributed by atoms with Gasteiger partial charge in [-0.3, -0.25) is 4.79 Å². The van der Waals surface area contributed by atoms with Gasteiger partial charge in [-0.05, 0) is 48.2 Å². The summed E-state index contributed by atoms with van der Waals surface area (Å²) in [5.74, 6) is -0.299. The van der Waals surface area contributed by atoms with Crippen molar-refractivity contribution in [1.82, 2.24) is 4.72 Å². The molecule has 0 heterocycles. The van der Waals surface area contributed by atoms with Gasteiger partial charge < -0.3 is 10.1 Å². The van der Waals surface area contributed by atoms with Crippen LogP contribution in [-0.2, 0) is 14.8 Å². The van der Waals surface area contributed by atoms with E-state index in [0.717, 1.165) is 22.0 Å². The molecule has 0 saturated heterocycles. The minimum Gasteiger partial charge on any atom is -0.383 e. The summed E-state index contributed by atoms with van der Waals surface area (Å²) in [5.41, 5.74) is 2.14. The molecule has 0 unspecified atom stereocenters. The molecule has 7 heteroatoms. The molecule has 0 aliphatic carbocycles. The maximum absolute atomic E-state index is 12.6. The van der Waals surface area contributed by atoms with Crippen molar-refractivity contribution in [3.63, 3.8) is 0 Å². The number of anilines is 1. The van der Waals surface area contributed by atoms with Gasteiger partial charge >= 0.3 is 0 Å². The molecule has 28 heavy (non-hydrogen) atoms. The Bertz CT molecular complexity index is 1090. The van der Waals surface area contributed by atoms with Crippen LogP contribution in [-0.4, -0.2) is 34.6 Å².